The van der Waals surface area contributed by atoms with Gasteiger partial charge in [0.2, 0.25) is 0 Å². The van der Waals surface area contributed by atoms with Gasteiger partial charge in [-0.2, -0.15) is 0 Å². The molecule has 0 saturated carbocycles. The van der Waals surface area contributed by atoms with Crippen LogP contribution in [0.15, 0.2) is 22.7 Å². The van der Waals surface area contributed by atoms with Gasteiger partial charge in [0.1, 0.15) is 0 Å². The van der Waals surface area contributed by atoms with E-state index in [0.717, 1.165) is 29.0 Å². The quantitative estimate of drug-likeness (QED) is 0.852. The molecular formula is C10H13BrN2O. The lowest BCUT2D eigenvalue weighted by molar-refractivity contribution is 0.188. The Balaban J connectivity index is 2.16. The van der Waals surface area contributed by atoms with E-state index >= 15 is 0 Å². The van der Waals surface area contributed by atoms with Crippen molar-refractivity contribution in [3.8, 4) is 0 Å². The summed E-state index contributed by atoms with van der Waals surface area (Å²) in [7, 11) is 1.72. The van der Waals surface area contributed by atoms with E-state index in [1.54, 1.807) is 7.11 Å². The Morgan fingerprint density at radius 1 is 1.50 bits per heavy atom. The molecule has 1 aromatic carbocycles. The zero-order valence-electron chi connectivity index (χ0n) is 8.01. The molecule has 3 nitrogen and oxygen atoms in total. The highest BCUT2D eigenvalue weighted by Gasteiger charge is 2.16. The number of hydrogen-bond donors (Lipinski definition) is 2. The highest BCUT2D eigenvalue weighted by Crippen LogP contribution is 2.29. The number of benzene rings is 1. The monoisotopic (exact) mass is 256 g/mol. The van der Waals surface area contributed by atoms with Gasteiger partial charge in [0.15, 0.2) is 0 Å². The molecule has 0 radical (unpaired) electrons. The van der Waals surface area contributed by atoms with Gasteiger partial charge in [0.25, 0.3) is 0 Å². The predicted octanol–water partition coefficient (Wildman–Crippen LogP) is 2.30. The molecule has 1 unspecified atom stereocenters. The third kappa shape index (κ3) is 2.01. The van der Waals surface area contributed by atoms with Crippen LogP contribution < -0.4 is 10.6 Å². The number of methoxy groups -OCH3 is 1. The lowest BCUT2D eigenvalue weighted by Crippen LogP contribution is -2.36. The Bertz CT molecular complexity index is 330. The van der Waals surface area contributed by atoms with Gasteiger partial charge < -0.3 is 15.4 Å². The Morgan fingerprint density at radius 3 is 3.14 bits per heavy atom. The molecule has 1 aliphatic rings. The molecule has 4 heteroatoms. The zero-order chi connectivity index (χ0) is 9.97. The van der Waals surface area contributed by atoms with Crippen LogP contribution in [0.5, 0.6) is 0 Å². The maximum absolute atomic E-state index is 5.11. The van der Waals surface area contributed by atoms with Crippen LogP contribution in [0.3, 0.4) is 0 Å². The third-order valence-electron chi connectivity index (χ3n) is 2.25. The Labute approximate surface area is 92.0 Å². The molecule has 0 bridgehead atoms. The first-order chi connectivity index (χ1) is 6.79. The number of fused-ring (bicyclic) bond motifs is 1. The van der Waals surface area contributed by atoms with Crippen molar-refractivity contribution in [1.82, 2.24) is 0 Å². The smallest absolute Gasteiger partial charge is 0.0681 e. The molecule has 76 valence electrons. The molecule has 0 aromatic heterocycles. The summed E-state index contributed by atoms with van der Waals surface area (Å²) in [5, 5.41) is 6.78. The fraction of sp³-hybridized carbons (Fsp3) is 0.400. The first kappa shape index (κ1) is 9.80. The second-order valence-electron chi connectivity index (χ2n) is 3.37. The van der Waals surface area contributed by atoms with E-state index < -0.39 is 0 Å². The van der Waals surface area contributed by atoms with Gasteiger partial charge in [-0.25, -0.2) is 0 Å². The highest BCUT2D eigenvalue weighted by atomic mass is 79.9. The van der Waals surface area contributed by atoms with Crippen molar-refractivity contribution < 1.29 is 4.74 Å². The average Bonchev–Trinajstić information content (AvgIpc) is 2.17. The summed E-state index contributed by atoms with van der Waals surface area (Å²) >= 11 is 3.45. The number of hydrogen-bond acceptors (Lipinski definition) is 3. The van der Waals surface area contributed by atoms with Crippen LogP contribution in [0.4, 0.5) is 11.4 Å². The maximum atomic E-state index is 5.11. The van der Waals surface area contributed by atoms with E-state index in [0.29, 0.717) is 6.04 Å². The molecule has 0 aliphatic carbocycles. The number of ether oxygens (including phenoxy) is 1. The molecule has 0 amide bonds. The van der Waals surface area contributed by atoms with E-state index in [9.17, 15) is 0 Å². The van der Waals surface area contributed by atoms with Crippen molar-refractivity contribution >= 4 is 27.3 Å². The molecule has 0 saturated heterocycles. The summed E-state index contributed by atoms with van der Waals surface area (Å²) in [4.78, 5) is 0. The van der Waals surface area contributed by atoms with Crippen LogP contribution >= 0.6 is 15.9 Å². The lowest BCUT2D eigenvalue weighted by atomic mass is 10.1. The minimum Gasteiger partial charge on any atom is -0.382 e. The molecule has 1 aromatic rings. The summed E-state index contributed by atoms with van der Waals surface area (Å²) in [5.41, 5.74) is 2.29. The molecular weight excluding hydrogens is 244 g/mol. The van der Waals surface area contributed by atoms with Crippen LogP contribution in [-0.2, 0) is 4.74 Å². The lowest BCUT2D eigenvalue weighted by Gasteiger charge is -2.27. The van der Waals surface area contributed by atoms with Crippen LogP contribution in [0.25, 0.3) is 0 Å². The fourth-order valence-electron chi connectivity index (χ4n) is 1.60. The van der Waals surface area contributed by atoms with E-state index in [1.165, 1.54) is 0 Å². The standard InChI is InChI=1S/C10H13BrN2O/c1-14-6-8-5-12-9-3-2-7(11)4-10(9)13-8/h2-4,8,12-13H,5-6H2,1H3. The van der Waals surface area contributed by atoms with Gasteiger partial charge in [0, 0.05) is 18.1 Å². The number of nitrogens with one attached hydrogen (secondary N) is 2. The Kier molecular flexibility index (Phi) is 2.93. The second-order valence-corrected chi connectivity index (χ2v) is 4.28. The summed E-state index contributed by atoms with van der Waals surface area (Å²) in [6.45, 7) is 1.63. The molecule has 0 spiro atoms. The summed E-state index contributed by atoms with van der Waals surface area (Å²) in [6.07, 6.45) is 0. The van der Waals surface area contributed by atoms with Crippen molar-refractivity contribution in [3.05, 3.63) is 22.7 Å². The first-order valence-electron chi connectivity index (χ1n) is 4.58. The summed E-state index contributed by atoms with van der Waals surface area (Å²) in [6, 6.07) is 6.52. The number of rotatable bonds is 2. The van der Waals surface area contributed by atoms with Crippen molar-refractivity contribution in [2.75, 3.05) is 30.9 Å². The SMILES string of the molecule is COCC1CNc2ccc(Br)cc2N1. The predicted molar refractivity (Wildman–Crippen MR) is 61.9 cm³/mol. The van der Waals surface area contributed by atoms with Crippen molar-refractivity contribution in [3.63, 3.8) is 0 Å². The highest BCUT2D eigenvalue weighted by molar-refractivity contribution is 9.10. The van der Waals surface area contributed by atoms with Gasteiger partial charge in [-0.05, 0) is 18.2 Å². The van der Waals surface area contributed by atoms with Gasteiger partial charge in [0.05, 0.1) is 24.0 Å². The van der Waals surface area contributed by atoms with E-state index in [2.05, 4.69) is 38.7 Å². The summed E-state index contributed by atoms with van der Waals surface area (Å²) < 4.78 is 6.20. The minimum absolute atomic E-state index is 0.349. The van der Waals surface area contributed by atoms with Gasteiger partial charge in [-0.3, -0.25) is 0 Å². The van der Waals surface area contributed by atoms with Crippen molar-refractivity contribution in [2.24, 2.45) is 0 Å². The molecule has 0 fully saturated rings. The zero-order valence-corrected chi connectivity index (χ0v) is 9.60. The van der Waals surface area contributed by atoms with Crippen molar-refractivity contribution in [1.29, 1.82) is 0 Å². The number of halogens is 1. The van der Waals surface area contributed by atoms with E-state index in [4.69, 9.17) is 4.74 Å². The number of anilines is 2. The normalized spacial score (nSPS) is 19.4. The molecule has 1 atom stereocenters. The molecule has 2 N–H and O–H groups in total. The fourth-order valence-corrected chi connectivity index (χ4v) is 1.96. The largest absolute Gasteiger partial charge is 0.382 e. The molecule has 2 rings (SSSR count). The molecule has 14 heavy (non-hydrogen) atoms. The van der Waals surface area contributed by atoms with E-state index in [-0.39, 0.29) is 0 Å². The van der Waals surface area contributed by atoms with Crippen LogP contribution in [0.2, 0.25) is 0 Å². The van der Waals surface area contributed by atoms with E-state index in [1.807, 2.05) is 6.07 Å². The second kappa shape index (κ2) is 4.19. The van der Waals surface area contributed by atoms with Crippen LogP contribution in [0, 0.1) is 0 Å². The van der Waals surface area contributed by atoms with Gasteiger partial charge in [-0.1, -0.05) is 15.9 Å². The van der Waals surface area contributed by atoms with Gasteiger partial charge >= 0.3 is 0 Å². The first-order valence-corrected chi connectivity index (χ1v) is 5.38. The van der Waals surface area contributed by atoms with Crippen LogP contribution in [0.1, 0.15) is 0 Å². The minimum atomic E-state index is 0.349. The van der Waals surface area contributed by atoms with Gasteiger partial charge in [-0.15, -0.1) is 0 Å². The van der Waals surface area contributed by atoms with Crippen molar-refractivity contribution in [2.45, 2.75) is 6.04 Å². The Morgan fingerprint density at radius 2 is 2.36 bits per heavy atom. The maximum Gasteiger partial charge on any atom is 0.0681 e. The Hall–Kier alpha value is -0.740. The molecule has 1 heterocycles. The summed E-state index contributed by atoms with van der Waals surface area (Å²) in [5.74, 6) is 0. The third-order valence-corrected chi connectivity index (χ3v) is 2.74. The topological polar surface area (TPSA) is 33.3 Å². The molecule has 1 aliphatic heterocycles. The average molecular weight is 257 g/mol. The van der Waals surface area contributed by atoms with Crippen LogP contribution in [-0.4, -0.2) is 26.3 Å².